The Bertz CT molecular complexity index is 1950. The van der Waals surface area contributed by atoms with Gasteiger partial charge in [-0.3, -0.25) is 24.0 Å². The lowest BCUT2D eigenvalue weighted by Crippen LogP contribution is -2.56. The molecule has 0 radical (unpaired) electrons. The summed E-state index contributed by atoms with van der Waals surface area (Å²) in [5.41, 5.74) is 15.6. The summed E-state index contributed by atoms with van der Waals surface area (Å²) in [5, 5.41) is 19.7. The van der Waals surface area contributed by atoms with Gasteiger partial charge in [0.25, 0.3) is 5.91 Å². The lowest BCUT2D eigenvalue weighted by atomic mass is 9.93. The fraction of sp³-hybridized carbons (Fsp3) is 0.385. The molecule has 0 aromatic heterocycles. The Morgan fingerprint density at radius 3 is 2.24 bits per heavy atom. The first-order valence-electron chi connectivity index (χ1n) is 17.8. The van der Waals surface area contributed by atoms with E-state index in [0.29, 0.717) is 39.3 Å². The van der Waals surface area contributed by atoms with E-state index in [1.165, 1.54) is 18.9 Å². The predicted octanol–water partition coefficient (Wildman–Crippen LogP) is 1.06. The highest BCUT2D eigenvalue weighted by molar-refractivity contribution is 7.80. The summed E-state index contributed by atoms with van der Waals surface area (Å²) in [7, 11) is 1.42. The van der Waals surface area contributed by atoms with Crippen LogP contribution in [0.15, 0.2) is 54.6 Å². The minimum absolute atomic E-state index is 0.0192. The van der Waals surface area contributed by atoms with Crippen molar-refractivity contribution < 1.29 is 33.4 Å². The number of nitrogens with one attached hydrogen (secondary N) is 4. The molecule has 5 amide bonds. The fourth-order valence-corrected chi connectivity index (χ4v) is 6.44. The number of carbonyl (C=O) groups is 5. The number of hydrogen-bond acceptors (Lipinski definition) is 11. The molecular weight excluding hydrogens is 725 g/mol. The number of likely N-dealkylation sites (N-methyl/N-ethyl adjacent to an activating group) is 1. The van der Waals surface area contributed by atoms with Crippen LogP contribution in [0, 0.1) is 25.2 Å². The molecule has 0 saturated heterocycles. The summed E-state index contributed by atoms with van der Waals surface area (Å²) >= 11 is 4.38. The molecule has 3 aromatic carbocycles. The van der Waals surface area contributed by atoms with Crippen molar-refractivity contribution in [1.29, 1.82) is 5.26 Å². The molecule has 0 saturated carbocycles. The minimum Gasteiger partial charge on any atom is -0.492 e. The van der Waals surface area contributed by atoms with Gasteiger partial charge < -0.3 is 47.1 Å². The molecule has 8 N–H and O–H groups in total. The van der Waals surface area contributed by atoms with Crippen LogP contribution in [0.25, 0.3) is 11.1 Å². The first-order chi connectivity index (χ1) is 26.3. The maximum absolute atomic E-state index is 14.3. The van der Waals surface area contributed by atoms with Gasteiger partial charge >= 0.3 is 0 Å². The van der Waals surface area contributed by atoms with Gasteiger partial charge in [0.2, 0.25) is 23.6 Å². The van der Waals surface area contributed by atoms with Crippen molar-refractivity contribution in [2.24, 2.45) is 11.5 Å². The molecule has 4 bridgehead atoms. The minimum atomic E-state index is -1.35. The number of rotatable bonds is 13. The van der Waals surface area contributed by atoms with Gasteiger partial charge in [-0.25, -0.2) is 0 Å². The highest BCUT2D eigenvalue weighted by Crippen LogP contribution is 2.40. The van der Waals surface area contributed by atoms with Gasteiger partial charge in [0.15, 0.2) is 0 Å². The Kier molecular flexibility index (Phi) is 15.0. The van der Waals surface area contributed by atoms with Crippen LogP contribution >= 0.6 is 12.6 Å². The average molecular weight is 773 g/mol. The number of nitrogens with zero attached hydrogens (tertiary/aromatic N) is 2. The van der Waals surface area contributed by atoms with E-state index in [2.05, 4.69) is 33.9 Å². The summed E-state index contributed by atoms with van der Waals surface area (Å²) in [6, 6.07) is 12.6. The van der Waals surface area contributed by atoms with Gasteiger partial charge in [0, 0.05) is 49.0 Å². The standard InChI is InChI=1S/C39H48N8O7S/c1-22-5-8-27(23(2)17-22)36(49)46-31(21-55)39(52)47(4)34-26-7-10-33(54-16-13-42)29(20-26)28-18-25(6-9-32(28)53-15-12-41)19-30(37(50)43-14-11-40)45-35(48)24(3)44-38(34)51/h5-10,17-18,20,24,30-31,34,55H,12-16,19,21,41-42H2,1-4H3,(H,43,50)(H,44,51)(H,45,48)(H,46,49)/t24-,30-,31-,34-/m0/s1. The van der Waals surface area contributed by atoms with Crippen LogP contribution in [-0.2, 0) is 25.6 Å². The van der Waals surface area contributed by atoms with Crippen molar-refractivity contribution in [1.82, 2.24) is 26.2 Å². The van der Waals surface area contributed by atoms with Crippen molar-refractivity contribution in [3.8, 4) is 28.7 Å². The number of benzene rings is 3. The van der Waals surface area contributed by atoms with Gasteiger partial charge in [-0.05, 0) is 67.8 Å². The normalized spacial score (nSPS) is 17.3. The van der Waals surface area contributed by atoms with Crippen molar-refractivity contribution in [3.05, 3.63) is 82.4 Å². The number of fused-ring (bicyclic) bond motifs is 5. The van der Waals surface area contributed by atoms with Crippen LogP contribution in [0.4, 0.5) is 0 Å². The number of thiol groups is 1. The number of ether oxygens (including phenoxy) is 2. The summed E-state index contributed by atoms with van der Waals surface area (Å²) in [4.78, 5) is 69.9. The maximum atomic E-state index is 14.3. The van der Waals surface area contributed by atoms with Crippen molar-refractivity contribution in [2.45, 2.75) is 51.4 Å². The third kappa shape index (κ3) is 10.5. The van der Waals surface area contributed by atoms with Gasteiger partial charge in [-0.2, -0.15) is 17.9 Å². The molecule has 1 aliphatic heterocycles. The second-order valence-corrected chi connectivity index (χ2v) is 13.5. The lowest BCUT2D eigenvalue weighted by Gasteiger charge is -2.32. The van der Waals surface area contributed by atoms with Crippen LogP contribution in [0.3, 0.4) is 0 Å². The van der Waals surface area contributed by atoms with Gasteiger partial charge in [-0.1, -0.05) is 29.8 Å². The topological polar surface area (TPSA) is 231 Å². The number of nitrogens with two attached hydrogens (primary N) is 2. The van der Waals surface area contributed by atoms with Crippen molar-refractivity contribution in [2.75, 3.05) is 45.6 Å². The highest BCUT2D eigenvalue weighted by Gasteiger charge is 2.36. The van der Waals surface area contributed by atoms with E-state index in [0.717, 1.165) is 11.1 Å². The number of aryl methyl sites for hydroxylation is 2. The fourth-order valence-electron chi connectivity index (χ4n) is 6.20. The number of carbonyl (C=O) groups excluding carboxylic acids is 5. The van der Waals surface area contributed by atoms with Crippen molar-refractivity contribution in [3.63, 3.8) is 0 Å². The molecule has 16 heteroatoms. The van der Waals surface area contributed by atoms with E-state index in [1.807, 2.05) is 19.1 Å². The van der Waals surface area contributed by atoms with E-state index in [4.69, 9.17) is 26.2 Å². The molecule has 55 heavy (non-hydrogen) atoms. The summed E-state index contributed by atoms with van der Waals surface area (Å²) in [6.45, 7) is 5.60. The van der Waals surface area contributed by atoms with Crippen LogP contribution in [0.1, 0.15) is 45.6 Å². The zero-order valence-corrected chi connectivity index (χ0v) is 32.2. The predicted molar refractivity (Wildman–Crippen MR) is 209 cm³/mol. The summed E-state index contributed by atoms with van der Waals surface area (Å²) < 4.78 is 12.1. The molecule has 1 aliphatic rings. The van der Waals surface area contributed by atoms with Gasteiger partial charge in [0.05, 0.1) is 6.07 Å². The Labute approximate surface area is 325 Å². The summed E-state index contributed by atoms with van der Waals surface area (Å²) in [5.74, 6) is -2.41. The van der Waals surface area contributed by atoms with E-state index in [9.17, 15) is 24.0 Å². The quantitative estimate of drug-likeness (QED) is 0.0965. The molecule has 0 aliphatic carbocycles. The van der Waals surface area contributed by atoms with Crippen LogP contribution in [0.5, 0.6) is 11.5 Å². The Morgan fingerprint density at radius 2 is 1.62 bits per heavy atom. The molecule has 0 spiro atoms. The monoisotopic (exact) mass is 772 g/mol. The van der Waals surface area contributed by atoms with Crippen LogP contribution in [0.2, 0.25) is 0 Å². The molecule has 4 atom stereocenters. The first kappa shape index (κ1) is 42.1. The highest BCUT2D eigenvalue weighted by atomic mass is 32.1. The van der Waals surface area contributed by atoms with E-state index in [-0.39, 0.29) is 45.0 Å². The molecular formula is C39H48N8O7S. The lowest BCUT2D eigenvalue weighted by molar-refractivity contribution is -0.141. The van der Waals surface area contributed by atoms with Gasteiger partial charge in [0.1, 0.15) is 55.4 Å². The Hall–Kier alpha value is -5.63. The zero-order valence-electron chi connectivity index (χ0n) is 31.3. The molecule has 292 valence electrons. The maximum Gasteiger partial charge on any atom is 0.252 e. The summed E-state index contributed by atoms with van der Waals surface area (Å²) in [6.07, 6.45) is 0.0192. The molecule has 15 nitrogen and oxygen atoms in total. The smallest absolute Gasteiger partial charge is 0.252 e. The van der Waals surface area contributed by atoms with E-state index >= 15 is 0 Å². The average Bonchev–Trinajstić information content (AvgIpc) is 3.16. The SMILES string of the molecule is Cc1ccc(C(=O)N[C@@H](CS)C(=O)N(C)[C@@H]2C(=O)N[C@@H](C)C(=O)N[C@H](C(=O)NCC#N)Cc3ccc(OCCN)c(c3)-c3cc2ccc3OCCN)c(C)c1. The third-order valence-electron chi connectivity index (χ3n) is 8.97. The molecule has 0 fully saturated rings. The third-order valence-corrected chi connectivity index (χ3v) is 9.33. The Morgan fingerprint density at radius 1 is 0.964 bits per heavy atom. The largest absolute Gasteiger partial charge is 0.492 e. The van der Waals surface area contributed by atoms with E-state index < -0.39 is 53.7 Å². The second kappa shape index (κ2) is 19.6. The second-order valence-electron chi connectivity index (χ2n) is 13.1. The van der Waals surface area contributed by atoms with Crippen LogP contribution < -0.4 is 42.2 Å². The molecule has 1 heterocycles. The molecule has 0 unspecified atom stereocenters. The zero-order chi connectivity index (χ0) is 40.2. The molecule has 4 rings (SSSR count). The number of nitriles is 1. The van der Waals surface area contributed by atoms with Crippen molar-refractivity contribution >= 4 is 42.2 Å². The molecule has 3 aromatic rings. The van der Waals surface area contributed by atoms with Crippen LogP contribution in [-0.4, -0.2) is 98.2 Å². The van der Waals surface area contributed by atoms with E-state index in [1.54, 1.807) is 55.5 Å². The number of hydrogen-bond donors (Lipinski definition) is 7. The first-order valence-corrected chi connectivity index (χ1v) is 18.4. The Balaban J connectivity index is 1.87. The number of amides is 5. The van der Waals surface area contributed by atoms with Gasteiger partial charge in [-0.15, -0.1) is 0 Å².